The molecule has 1 atom stereocenters. The molecule has 0 spiro atoms. The molecule has 1 rings (SSSR count). The van der Waals surface area contributed by atoms with Crippen LogP contribution in [0.1, 0.15) is 26.2 Å². The minimum Gasteiger partial charge on any atom is -0.464 e. The number of likely N-dealkylation sites (tertiary alicyclic amines) is 1. The highest BCUT2D eigenvalue weighted by Crippen LogP contribution is 2.18. The summed E-state index contributed by atoms with van der Waals surface area (Å²) in [6.45, 7) is 2.71. The van der Waals surface area contributed by atoms with Gasteiger partial charge in [-0.05, 0) is 26.2 Å². The van der Waals surface area contributed by atoms with Crippen LogP contribution in [0.15, 0.2) is 0 Å². The number of piperidine rings is 1. The number of ether oxygens (including phenoxy) is 1. The predicted molar refractivity (Wildman–Crippen MR) is 56.7 cm³/mol. The lowest BCUT2D eigenvalue weighted by atomic mass is 10.0. The largest absolute Gasteiger partial charge is 0.464 e. The lowest BCUT2D eigenvalue weighted by Gasteiger charge is -2.33. The molecule has 0 N–H and O–H groups in total. The Morgan fingerprint density at radius 1 is 1.47 bits per heavy atom. The van der Waals surface area contributed by atoms with Gasteiger partial charge in [0.15, 0.2) is 0 Å². The van der Waals surface area contributed by atoms with Crippen molar-refractivity contribution in [3.05, 3.63) is 0 Å². The molecule has 0 aromatic rings. The summed E-state index contributed by atoms with van der Waals surface area (Å²) in [7, 11) is 0. The summed E-state index contributed by atoms with van der Waals surface area (Å²) in [5.41, 5.74) is 0. The molecule has 1 aliphatic rings. The highest BCUT2D eigenvalue weighted by Gasteiger charge is 2.32. The minimum atomic E-state index is -0.426. The third kappa shape index (κ3) is 3.09. The summed E-state index contributed by atoms with van der Waals surface area (Å²) in [6.07, 6.45) is 2.57. The first kappa shape index (κ1) is 12.3. The Bertz CT molecular complexity index is 245. The van der Waals surface area contributed by atoms with E-state index in [9.17, 15) is 9.59 Å². The number of amides is 1. The van der Waals surface area contributed by atoms with E-state index in [1.165, 1.54) is 4.90 Å². The van der Waals surface area contributed by atoms with Crippen molar-refractivity contribution in [3.8, 4) is 0 Å². The molecule has 4 nitrogen and oxygen atoms in total. The molecule has 1 amide bonds. The van der Waals surface area contributed by atoms with Crippen molar-refractivity contribution >= 4 is 23.5 Å². The maximum Gasteiger partial charge on any atom is 0.328 e. The van der Waals surface area contributed by atoms with E-state index < -0.39 is 6.04 Å². The van der Waals surface area contributed by atoms with Crippen LogP contribution in [0.25, 0.3) is 0 Å². The summed E-state index contributed by atoms with van der Waals surface area (Å²) in [4.78, 5) is 24.6. The third-order valence-corrected chi connectivity index (χ3v) is 2.72. The molecule has 0 saturated carbocycles. The molecule has 1 saturated heterocycles. The van der Waals surface area contributed by atoms with E-state index in [2.05, 4.69) is 0 Å². The number of carbonyl (C=O) groups excluding carboxylic acids is 2. The molecule has 15 heavy (non-hydrogen) atoms. The summed E-state index contributed by atoms with van der Waals surface area (Å²) in [6, 6.07) is -0.426. The molecule has 0 radical (unpaired) electrons. The third-order valence-electron chi connectivity index (χ3n) is 2.50. The molecule has 5 heteroatoms. The lowest BCUT2D eigenvalue weighted by Crippen LogP contribution is -2.49. The SMILES string of the molecule is CCOC(=O)C1CCCCN1C(=O)CCl. The monoisotopic (exact) mass is 233 g/mol. The number of rotatable bonds is 3. The zero-order chi connectivity index (χ0) is 11.3. The van der Waals surface area contributed by atoms with Crippen LogP contribution >= 0.6 is 11.6 Å². The van der Waals surface area contributed by atoms with Crippen LogP contribution in [-0.4, -0.2) is 41.8 Å². The van der Waals surface area contributed by atoms with Gasteiger partial charge in [0.1, 0.15) is 11.9 Å². The second-order valence-corrected chi connectivity index (χ2v) is 3.75. The molecule has 0 aromatic heterocycles. The van der Waals surface area contributed by atoms with Gasteiger partial charge in [-0.2, -0.15) is 0 Å². The van der Waals surface area contributed by atoms with Crippen LogP contribution in [0.5, 0.6) is 0 Å². The second-order valence-electron chi connectivity index (χ2n) is 3.48. The van der Waals surface area contributed by atoms with Crippen LogP contribution in [0.4, 0.5) is 0 Å². The summed E-state index contributed by atoms with van der Waals surface area (Å²) in [5.74, 6) is -0.569. The first-order chi connectivity index (χ1) is 7.20. The first-order valence-corrected chi connectivity index (χ1v) is 5.76. The molecule has 1 unspecified atom stereocenters. The van der Waals surface area contributed by atoms with Gasteiger partial charge in [0.25, 0.3) is 0 Å². The normalized spacial score (nSPS) is 21.2. The van der Waals surface area contributed by atoms with Crippen molar-refractivity contribution < 1.29 is 14.3 Å². The Labute approximate surface area is 94.5 Å². The predicted octanol–water partition coefficient (Wildman–Crippen LogP) is 1.17. The van der Waals surface area contributed by atoms with Gasteiger partial charge in [-0.15, -0.1) is 11.6 Å². The van der Waals surface area contributed by atoms with Crippen LogP contribution in [0.3, 0.4) is 0 Å². The minimum absolute atomic E-state index is 0.0735. The van der Waals surface area contributed by atoms with Gasteiger partial charge in [-0.25, -0.2) is 4.79 Å². The van der Waals surface area contributed by atoms with E-state index in [0.29, 0.717) is 19.6 Å². The van der Waals surface area contributed by atoms with E-state index in [-0.39, 0.29) is 17.8 Å². The topological polar surface area (TPSA) is 46.6 Å². The number of alkyl halides is 1. The molecule has 0 aliphatic carbocycles. The van der Waals surface area contributed by atoms with Gasteiger partial charge >= 0.3 is 5.97 Å². The van der Waals surface area contributed by atoms with Crippen molar-refractivity contribution in [1.82, 2.24) is 4.90 Å². The lowest BCUT2D eigenvalue weighted by molar-refractivity contribution is -0.155. The number of nitrogens with zero attached hydrogens (tertiary/aromatic N) is 1. The quantitative estimate of drug-likeness (QED) is 0.543. The zero-order valence-electron chi connectivity index (χ0n) is 8.87. The van der Waals surface area contributed by atoms with Crippen LogP contribution in [0, 0.1) is 0 Å². The molecule has 0 aromatic carbocycles. The maximum atomic E-state index is 11.6. The summed E-state index contributed by atoms with van der Waals surface area (Å²) in [5, 5.41) is 0. The van der Waals surface area contributed by atoms with Gasteiger partial charge in [0.2, 0.25) is 5.91 Å². The number of hydrogen-bond donors (Lipinski definition) is 0. The summed E-state index contributed by atoms with van der Waals surface area (Å²) >= 11 is 5.49. The molecule has 1 fully saturated rings. The number of hydrogen-bond acceptors (Lipinski definition) is 3. The average molecular weight is 234 g/mol. The molecular formula is C10H16ClNO3. The fraction of sp³-hybridized carbons (Fsp3) is 0.800. The van der Waals surface area contributed by atoms with Gasteiger partial charge in [0, 0.05) is 6.54 Å². The number of halogens is 1. The Morgan fingerprint density at radius 2 is 2.20 bits per heavy atom. The van der Waals surface area contributed by atoms with E-state index in [1.54, 1.807) is 6.92 Å². The van der Waals surface area contributed by atoms with Crippen molar-refractivity contribution in [2.75, 3.05) is 19.0 Å². The highest BCUT2D eigenvalue weighted by atomic mass is 35.5. The van der Waals surface area contributed by atoms with E-state index >= 15 is 0 Å². The highest BCUT2D eigenvalue weighted by molar-refractivity contribution is 6.27. The molecule has 1 aliphatic heterocycles. The van der Waals surface area contributed by atoms with Crippen molar-refractivity contribution in [2.24, 2.45) is 0 Å². The Hall–Kier alpha value is -0.770. The van der Waals surface area contributed by atoms with Gasteiger partial charge in [-0.3, -0.25) is 4.79 Å². The second kappa shape index (κ2) is 5.95. The van der Waals surface area contributed by atoms with Crippen molar-refractivity contribution in [1.29, 1.82) is 0 Å². The zero-order valence-corrected chi connectivity index (χ0v) is 9.63. The Balaban J connectivity index is 2.65. The maximum absolute atomic E-state index is 11.6. The molecule has 0 bridgehead atoms. The molecule has 1 heterocycles. The van der Waals surface area contributed by atoms with Crippen LogP contribution in [0.2, 0.25) is 0 Å². The fourth-order valence-corrected chi connectivity index (χ4v) is 1.94. The number of carbonyl (C=O) groups is 2. The van der Waals surface area contributed by atoms with E-state index in [0.717, 1.165) is 12.8 Å². The van der Waals surface area contributed by atoms with Gasteiger partial charge in [0.05, 0.1) is 6.61 Å². The Kier molecular flexibility index (Phi) is 4.88. The smallest absolute Gasteiger partial charge is 0.328 e. The first-order valence-electron chi connectivity index (χ1n) is 5.22. The standard InChI is InChI=1S/C10H16ClNO3/c1-2-15-10(14)8-5-3-4-6-12(8)9(13)7-11/h8H,2-7H2,1H3. The average Bonchev–Trinajstić information content (AvgIpc) is 2.28. The van der Waals surface area contributed by atoms with Crippen molar-refractivity contribution in [2.45, 2.75) is 32.2 Å². The molecule has 86 valence electrons. The van der Waals surface area contributed by atoms with Crippen molar-refractivity contribution in [3.63, 3.8) is 0 Å². The summed E-state index contributed by atoms with van der Waals surface area (Å²) < 4.78 is 4.93. The number of esters is 1. The van der Waals surface area contributed by atoms with Crippen LogP contribution < -0.4 is 0 Å². The van der Waals surface area contributed by atoms with Crippen LogP contribution in [-0.2, 0) is 14.3 Å². The molecular weight excluding hydrogens is 218 g/mol. The van der Waals surface area contributed by atoms with Gasteiger partial charge in [-0.1, -0.05) is 0 Å². The van der Waals surface area contributed by atoms with Gasteiger partial charge < -0.3 is 9.64 Å². The Morgan fingerprint density at radius 3 is 2.80 bits per heavy atom. The van der Waals surface area contributed by atoms with E-state index in [4.69, 9.17) is 16.3 Å². The fourth-order valence-electron chi connectivity index (χ4n) is 1.79. The van der Waals surface area contributed by atoms with E-state index in [1.807, 2.05) is 0 Å².